The largest absolute Gasteiger partial charge is 0.497 e. The standard InChI is InChI=1S/C22H20BrNO4/c1-26-19-10-11-21(27-2)20(13-19)24-22(25)16-5-3-4-15(12-16)14-28-18-8-6-17(23)7-9-18/h3-13H,14H2,1-2H3,(H,24,25). The number of amides is 1. The van der Waals surface area contributed by atoms with E-state index in [0.29, 0.717) is 29.4 Å². The Morgan fingerprint density at radius 3 is 2.39 bits per heavy atom. The van der Waals surface area contributed by atoms with Gasteiger partial charge in [-0.3, -0.25) is 4.79 Å². The topological polar surface area (TPSA) is 56.8 Å². The minimum Gasteiger partial charge on any atom is -0.497 e. The number of carbonyl (C=O) groups excluding carboxylic acids is 1. The molecule has 1 amide bonds. The predicted octanol–water partition coefficient (Wildman–Crippen LogP) is 5.30. The van der Waals surface area contributed by atoms with Gasteiger partial charge >= 0.3 is 0 Å². The third kappa shape index (κ3) is 5.04. The molecule has 0 spiro atoms. The van der Waals surface area contributed by atoms with E-state index in [1.54, 1.807) is 44.6 Å². The summed E-state index contributed by atoms with van der Waals surface area (Å²) in [6, 6.07) is 20.2. The lowest BCUT2D eigenvalue weighted by molar-refractivity contribution is 0.102. The van der Waals surface area contributed by atoms with E-state index in [0.717, 1.165) is 15.8 Å². The summed E-state index contributed by atoms with van der Waals surface area (Å²) in [6.45, 7) is 0.366. The van der Waals surface area contributed by atoms with Crippen LogP contribution in [-0.2, 0) is 6.61 Å². The summed E-state index contributed by atoms with van der Waals surface area (Å²) in [4.78, 5) is 12.7. The van der Waals surface area contributed by atoms with E-state index in [4.69, 9.17) is 14.2 Å². The van der Waals surface area contributed by atoms with E-state index in [9.17, 15) is 4.79 Å². The van der Waals surface area contributed by atoms with Crippen LogP contribution in [0.15, 0.2) is 71.2 Å². The molecule has 5 nitrogen and oxygen atoms in total. The molecule has 1 N–H and O–H groups in total. The number of hydrogen-bond acceptors (Lipinski definition) is 4. The molecule has 0 aliphatic rings. The summed E-state index contributed by atoms with van der Waals surface area (Å²) in [5, 5.41) is 2.87. The van der Waals surface area contributed by atoms with Gasteiger partial charge in [0.25, 0.3) is 5.91 Å². The highest BCUT2D eigenvalue weighted by Gasteiger charge is 2.12. The van der Waals surface area contributed by atoms with Crippen LogP contribution < -0.4 is 19.5 Å². The Bertz CT molecular complexity index is 957. The van der Waals surface area contributed by atoms with Crippen molar-refractivity contribution in [2.24, 2.45) is 0 Å². The van der Waals surface area contributed by atoms with Crippen LogP contribution in [0.5, 0.6) is 17.2 Å². The minimum absolute atomic E-state index is 0.239. The molecule has 0 saturated heterocycles. The van der Waals surface area contributed by atoms with E-state index < -0.39 is 0 Å². The first-order valence-corrected chi connectivity index (χ1v) is 9.39. The average Bonchev–Trinajstić information content (AvgIpc) is 2.73. The molecule has 0 aliphatic carbocycles. The van der Waals surface area contributed by atoms with Crippen molar-refractivity contribution in [3.63, 3.8) is 0 Å². The molecule has 0 saturated carbocycles. The molecule has 0 radical (unpaired) electrons. The van der Waals surface area contributed by atoms with Gasteiger partial charge in [0.05, 0.1) is 19.9 Å². The van der Waals surface area contributed by atoms with Gasteiger partial charge in [-0.15, -0.1) is 0 Å². The fourth-order valence-electron chi connectivity index (χ4n) is 2.61. The second-order valence-electron chi connectivity index (χ2n) is 5.96. The quantitative estimate of drug-likeness (QED) is 0.540. The maximum atomic E-state index is 12.7. The van der Waals surface area contributed by atoms with Crippen LogP contribution in [0, 0.1) is 0 Å². The van der Waals surface area contributed by atoms with E-state index in [1.807, 2.05) is 36.4 Å². The number of rotatable bonds is 7. The van der Waals surface area contributed by atoms with Crippen LogP contribution in [0.25, 0.3) is 0 Å². The van der Waals surface area contributed by atoms with Crippen LogP contribution in [0.3, 0.4) is 0 Å². The minimum atomic E-state index is -0.239. The smallest absolute Gasteiger partial charge is 0.255 e. The number of anilines is 1. The highest BCUT2D eigenvalue weighted by atomic mass is 79.9. The molecule has 0 atom stereocenters. The number of methoxy groups -OCH3 is 2. The zero-order valence-corrected chi connectivity index (χ0v) is 17.2. The van der Waals surface area contributed by atoms with Gasteiger partial charge in [0.1, 0.15) is 23.9 Å². The first-order valence-electron chi connectivity index (χ1n) is 8.59. The van der Waals surface area contributed by atoms with Gasteiger partial charge in [-0.2, -0.15) is 0 Å². The van der Waals surface area contributed by atoms with E-state index in [-0.39, 0.29) is 5.91 Å². The Morgan fingerprint density at radius 2 is 1.68 bits per heavy atom. The van der Waals surface area contributed by atoms with Gasteiger partial charge in [0.15, 0.2) is 0 Å². The highest BCUT2D eigenvalue weighted by Crippen LogP contribution is 2.29. The molecule has 0 unspecified atom stereocenters. The van der Waals surface area contributed by atoms with Crippen LogP contribution >= 0.6 is 15.9 Å². The average molecular weight is 442 g/mol. The van der Waals surface area contributed by atoms with Crippen LogP contribution in [0.1, 0.15) is 15.9 Å². The second kappa shape index (κ2) is 9.28. The van der Waals surface area contributed by atoms with Gasteiger partial charge in [-0.1, -0.05) is 28.1 Å². The molecule has 6 heteroatoms. The number of carbonyl (C=O) groups is 1. The van der Waals surface area contributed by atoms with E-state index in [1.165, 1.54) is 0 Å². The van der Waals surface area contributed by atoms with Gasteiger partial charge in [0, 0.05) is 16.1 Å². The number of hydrogen-bond donors (Lipinski definition) is 1. The summed E-state index contributed by atoms with van der Waals surface area (Å²) in [5.74, 6) is 1.72. The van der Waals surface area contributed by atoms with Crippen molar-refractivity contribution in [3.05, 3.63) is 82.3 Å². The van der Waals surface area contributed by atoms with E-state index in [2.05, 4.69) is 21.2 Å². The summed E-state index contributed by atoms with van der Waals surface area (Å²) in [6.07, 6.45) is 0. The summed E-state index contributed by atoms with van der Waals surface area (Å²) < 4.78 is 17.3. The molecule has 3 rings (SSSR count). The lowest BCUT2D eigenvalue weighted by Gasteiger charge is -2.12. The number of nitrogens with one attached hydrogen (secondary N) is 1. The fourth-order valence-corrected chi connectivity index (χ4v) is 2.87. The molecule has 144 valence electrons. The fraction of sp³-hybridized carbons (Fsp3) is 0.136. The monoisotopic (exact) mass is 441 g/mol. The number of ether oxygens (including phenoxy) is 3. The summed E-state index contributed by atoms with van der Waals surface area (Å²) >= 11 is 3.40. The molecule has 0 aromatic heterocycles. The Kier molecular flexibility index (Phi) is 6.55. The van der Waals surface area contributed by atoms with Crippen LogP contribution in [0.2, 0.25) is 0 Å². The Labute approximate surface area is 172 Å². The Balaban J connectivity index is 1.71. The Morgan fingerprint density at radius 1 is 0.929 bits per heavy atom. The van der Waals surface area contributed by atoms with Crippen molar-refractivity contribution < 1.29 is 19.0 Å². The van der Waals surface area contributed by atoms with Crippen molar-refractivity contribution in [1.82, 2.24) is 0 Å². The maximum Gasteiger partial charge on any atom is 0.255 e. The van der Waals surface area contributed by atoms with Gasteiger partial charge < -0.3 is 19.5 Å². The summed E-state index contributed by atoms with van der Waals surface area (Å²) in [5.41, 5.74) is 1.97. The Hall–Kier alpha value is -2.99. The molecule has 0 fully saturated rings. The summed E-state index contributed by atoms with van der Waals surface area (Å²) in [7, 11) is 3.12. The van der Waals surface area contributed by atoms with Crippen LogP contribution in [-0.4, -0.2) is 20.1 Å². The molecule has 0 bridgehead atoms. The van der Waals surface area contributed by atoms with Crippen molar-refractivity contribution in [3.8, 4) is 17.2 Å². The zero-order valence-electron chi connectivity index (χ0n) is 15.6. The molecule has 28 heavy (non-hydrogen) atoms. The molecule has 0 heterocycles. The predicted molar refractivity (Wildman–Crippen MR) is 112 cm³/mol. The lowest BCUT2D eigenvalue weighted by atomic mass is 10.1. The molecule has 0 aliphatic heterocycles. The van der Waals surface area contributed by atoms with Gasteiger partial charge in [-0.25, -0.2) is 0 Å². The van der Waals surface area contributed by atoms with Crippen LogP contribution in [0.4, 0.5) is 5.69 Å². The van der Waals surface area contributed by atoms with Crippen molar-refractivity contribution in [1.29, 1.82) is 0 Å². The van der Waals surface area contributed by atoms with Crippen molar-refractivity contribution in [2.75, 3.05) is 19.5 Å². The van der Waals surface area contributed by atoms with Crippen molar-refractivity contribution in [2.45, 2.75) is 6.61 Å². The van der Waals surface area contributed by atoms with Gasteiger partial charge in [-0.05, 0) is 54.1 Å². The molecular weight excluding hydrogens is 422 g/mol. The van der Waals surface area contributed by atoms with Gasteiger partial charge in [0.2, 0.25) is 0 Å². The third-order valence-corrected chi connectivity index (χ3v) is 4.59. The molecule has 3 aromatic rings. The lowest BCUT2D eigenvalue weighted by Crippen LogP contribution is -2.13. The second-order valence-corrected chi connectivity index (χ2v) is 6.88. The third-order valence-electron chi connectivity index (χ3n) is 4.06. The first-order chi connectivity index (χ1) is 13.6. The zero-order chi connectivity index (χ0) is 19.9. The van der Waals surface area contributed by atoms with Crippen molar-refractivity contribution >= 4 is 27.5 Å². The molecule has 3 aromatic carbocycles. The van der Waals surface area contributed by atoms with E-state index >= 15 is 0 Å². The maximum absolute atomic E-state index is 12.7. The normalized spacial score (nSPS) is 10.2. The highest BCUT2D eigenvalue weighted by molar-refractivity contribution is 9.10. The number of halogens is 1. The SMILES string of the molecule is COc1ccc(OC)c(NC(=O)c2cccc(COc3ccc(Br)cc3)c2)c1. The number of benzene rings is 3. The molecular formula is C22H20BrNO4. The first kappa shape index (κ1) is 19.8.